The summed E-state index contributed by atoms with van der Waals surface area (Å²) in [5.41, 5.74) is 2.01. The number of anilines is 1. The summed E-state index contributed by atoms with van der Waals surface area (Å²) in [6.45, 7) is 7.21. The van der Waals surface area contributed by atoms with Crippen LogP contribution in [0.2, 0.25) is 0 Å². The monoisotopic (exact) mass is 505 g/mol. The van der Waals surface area contributed by atoms with Gasteiger partial charge in [0.2, 0.25) is 0 Å². The van der Waals surface area contributed by atoms with Crippen LogP contribution in [0.15, 0.2) is 78.0 Å². The third-order valence-electron chi connectivity index (χ3n) is 6.30. The van der Waals surface area contributed by atoms with Gasteiger partial charge in [-0.2, -0.15) is 0 Å². The van der Waals surface area contributed by atoms with Crippen molar-refractivity contribution in [3.8, 4) is 5.75 Å². The van der Waals surface area contributed by atoms with Crippen molar-refractivity contribution in [1.82, 2.24) is 9.88 Å². The maximum atomic E-state index is 14.1. The summed E-state index contributed by atoms with van der Waals surface area (Å²) in [4.78, 5) is 36.3. The second-order valence-corrected chi connectivity index (χ2v) is 9.55. The van der Waals surface area contributed by atoms with E-state index in [4.69, 9.17) is 9.47 Å². The maximum Gasteiger partial charge on any atom is 0.340 e. The van der Waals surface area contributed by atoms with Gasteiger partial charge in [0.1, 0.15) is 5.75 Å². The number of methoxy groups -OCH3 is 1. The highest BCUT2D eigenvalue weighted by Gasteiger charge is 2.41. The number of benzene rings is 2. The fourth-order valence-electron chi connectivity index (χ4n) is 4.21. The van der Waals surface area contributed by atoms with Gasteiger partial charge in [-0.1, -0.05) is 38.1 Å². The first-order valence-corrected chi connectivity index (χ1v) is 13.0. The van der Waals surface area contributed by atoms with Gasteiger partial charge in [-0.15, -0.1) is 11.8 Å². The van der Waals surface area contributed by atoms with E-state index in [2.05, 4.69) is 23.7 Å². The van der Waals surface area contributed by atoms with Gasteiger partial charge in [-0.05, 0) is 55.1 Å². The lowest BCUT2D eigenvalue weighted by Crippen LogP contribution is -2.46. The van der Waals surface area contributed by atoms with Crippen LogP contribution in [0.1, 0.15) is 35.0 Å². The molecular weight excluding hydrogens is 474 g/mol. The van der Waals surface area contributed by atoms with E-state index in [1.54, 1.807) is 30.3 Å². The molecule has 0 bridgehead atoms. The van der Waals surface area contributed by atoms with Gasteiger partial charge >= 0.3 is 5.97 Å². The summed E-state index contributed by atoms with van der Waals surface area (Å²) in [7, 11) is 1.61. The molecule has 1 aromatic heterocycles. The number of esters is 1. The van der Waals surface area contributed by atoms with Crippen LogP contribution in [0.25, 0.3) is 0 Å². The van der Waals surface area contributed by atoms with Crippen LogP contribution in [0, 0.1) is 0 Å². The molecule has 0 fully saturated rings. The second-order valence-electron chi connectivity index (χ2n) is 8.36. The van der Waals surface area contributed by atoms with Gasteiger partial charge < -0.3 is 19.3 Å². The third-order valence-corrected chi connectivity index (χ3v) is 7.68. The Morgan fingerprint density at radius 3 is 2.47 bits per heavy atom. The summed E-state index contributed by atoms with van der Waals surface area (Å²) >= 11 is 1.53. The highest BCUT2D eigenvalue weighted by molar-refractivity contribution is 7.99. The molecule has 0 radical (unpaired) electrons. The van der Waals surface area contributed by atoms with E-state index < -0.39 is 17.3 Å². The first-order valence-electron chi connectivity index (χ1n) is 12.1. The van der Waals surface area contributed by atoms with E-state index >= 15 is 0 Å². The largest absolute Gasteiger partial charge is 0.497 e. The van der Waals surface area contributed by atoms with Crippen molar-refractivity contribution in [2.45, 2.75) is 30.1 Å². The molecule has 1 aliphatic heterocycles. The SMILES string of the molecule is CCN(CC)CCN1C(=O)C(OC(=O)c2cccnc2)C(c2ccc(OC)cc2)Sc2ccccc21. The summed E-state index contributed by atoms with van der Waals surface area (Å²) in [6.07, 6.45) is 2.02. The van der Waals surface area contributed by atoms with Gasteiger partial charge in [0, 0.05) is 30.4 Å². The Morgan fingerprint density at radius 1 is 1.06 bits per heavy atom. The van der Waals surface area contributed by atoms with Crippen molar-refractivity contribution < 1.29 is 19.1 Å². The Hall–Kier alpha value is -3.36. The molecule has 8 heteroatoms. The molecule has 0 N–H and O–H groups in total. The highest BCUT2D eigenvalue weighted by Crippen LogP contribution is 2.47. The smallest absolute Gasteiger partial charge is 0.340 e. The number of carbonyl (C=O) groups excluding carboxylic acids is 2. The molecule has 0 aliphatic carbocycles. The predicted molar refractivity (Wildman–Crippen MR) is 142 cm³/mol. The number of fused-ring (bicyclic) bond motifs is 1. The van der Waals surface area contributed by atoms with Gasteiger partial charge in [0.25, 0.3) is 5.91 Å². The molecule has 0 spiro atoms. The Morgan fingerprint density at radius 2 is 1.81 bits per heavy atom. The van der Waals surface area contributed by atoms with E-state index in [1.165, 1.54) is 18.0 Å². The quantitative estimate of drug-likeness (QED) is 0.386. The molecule has 2 heterocycles. The third kappa shape index (κ3) is 5.71. The van der Waals surface area contributed by atoms with Gasteiger partial charge in [0.15, 0.2) is 6.10 Å². The summed E-state index contributed by atoms with van der Waals surface area (Å²) < 4.78 is 11.3. The number of hydrogen-bond donors (Lipinski definition) is 0. The first-order chi connectivity index (χ1) is 17.5. The van der Waals surface area contributed by atoms with Crippen molar-refractivity contribution >= 4 is 29.3 Å². The molecule has 7 nitrogen and oxygen atoms in total. The molecular formula is C28H31N3O4S. The Labute approximate surface area is 216 Å². The number of carbonyl (C=O) groups is 2. The predicted octanol–water partition coefficient (Wildman–Crippen LogP) is 4.84. The van der Waals surface area contributed by atoms with Crippen LogP contribution in [0.5, 0.6) is 5.75 Å². The maximum absolute atomic E-state index is 14.1. The minimum Gasteiger partial charge on any atom is -0.497 e. The summed E-state index contributed by atoms with van der Waals surface area (Å²) in [6, 6.07) is 18.7. The molecule has 36 heavy (non-hydrogen) atoms. The number of amides is 1. The highest BCUT2D eigenvalue weighted by atomic mass is 32.2. The van der Waals surface area contributed by atoms with Gasteiger partial charge in [0.05, 0.1) is 23.6 Å². The van der Waals surface area contributed by atoms with Crippen molar-refractivity contribution in [3.63, 3.8) is 0 Å². The van der Waals surface area contributed by atoms with E-state index in [0.717, 1.165) is 29.2 Å². The normalized spacial score (nSPS) is 17.4. The fourth-order valence-corrected chi connectivity index (χ4v) is 5.53. The number of para-hydroxylation sites is 1. The lowest BCUT2D eigenvalue weighted by Gasteiger charge is -2.29. The molecule has 0 saturated heterocycles. The van der Waals surface area contributed by atoms with Gasteiger partial charge in [-0.25, -0.2) is 4.79 Å². The van der Waals surface area contributed by atoms with E-state index in [-0.39, 0.29) is 5.91 Å². The molecule has 188 valence electrons. The topological polar surface area (TPSA) is 72.0 Å². The van der Waals surface area contributed by atoms with Crippen LogP contribution >= 0.6 is 11.8 Å². The number of thioether (sulfide) groups is 1. The van der Waals surface area contributed by atoms with E-state index in [1.807, 2.05) is 48.5 Å². The van der Waals surface area contributed by atoms with Crippen LogP contribution in [0.4, 0.5) is 5.69 Å². The first kappa shape index (κ1) is 25.7. The Bertz CT molecular complexity index is 1170. The van der Waals surface area contributed by atoms with Crippen molar-refractivity contribution in [2.75, 3.05) is 38.2 Å². The Balaban J connectivity index is 1.75. The summed E-state index contributed by atoms with van der Waals surface area (Å²) in [5.74, 6) is -0.0956. The average Bonchev–Trinajstić information content (AvgIpc) is 3.04. The molecule has 3 aromatic rings. The lowest BCUT2D eigenvalue weighted by molar-refractivity contribution is -0.127. The molecule has 1 amide bonds. The van der Waals surface area contributed by atoms with Crippen LogP contribution in [-0.2, 0) is 9.53 Å². The zero-order chi connectivity index (χ0) is 25.5. The molecule has 2 atom stereocenters. The van der Waals surface area contributed by atoms with E-state index in [9.17, 15) is 9.59 Å². The number of pyridine rings is 1. The second kappa shape index (κ2) is 12.1. The zero-order valence-electron chi connectivity index (χ0n) is 20.8. The van der Waals surface area contributed by atoms with Gasteiger partial charge in [-0.3, -0.25) is 9.78 Å². The molecule has 2 unspecified atom stereocenters. The van der Waals surface area contributed by atoms with Crippen molar-refractivity contribution in [1.29, 1.82) is 0 Å². The van der Waals surface area contributed by atoms with Crippen LogP contribution in [0.3, 0.4) is 0 Å². The molecule has 4 rings (SSSR count). The number of aromatic nitrogens is 1. The molecule has 2 aromatic carbocycles. The van der Waals surface area contributed by atoms with Crippen molar-refractivity contribution in [2.24, 2.45) is 0 Å². The summed E-state index contributed by atoms with van der Waals surface area (Å²) in [5, 5.41) is -0.441. The standard InChI is InChI=1S/C28H31N3O4S/c1-4-30(5-2)17-18-31-23-10-6-7-11-24(23)36-26(20-12-14-22(34-3)15-13-20)25(27(31)32)35-28(33)21-9-8-16-29-19-21/h6-16,19,25-26H,4-5,17-18H2,1-3H3. The number of hydrogen-bond acceptors (Lipinski definition) is 7. The Kier molecular flexibility index (Phi) is 8.61. The number of ether oxygens (including phenoxy) is 2. The fraction of sp³-hybridized carbons (Fsp3) is 0.321. The van der Waals surface area contributed by atoms with E-state index in [0.29, 0.717) is 24.4 Å². The van der Waals surface area contributed by atoms with Crippen LogP contribution < -0.4 is 9.64 Å². The zero-order valence-corrected chi connectivity index (χ0v) is 21.6. The lowest BCUT2D eigenvalue weighted by atomic mass is 10.1. The molecule has 1 aliphatic rings. The number of likely N-dealkylation sites (N-methyl/N-ethyl adjacent to an activating group) is 1. The van der Waals surface area contributed by atoms with Crippen LogP contribution in [-0.4, -0.2) is 61.2 Å². The number of rotatable bonds is 9. The number of nitrogens with zero attached hydrogens (tertiary/aromatic N) is 3. The minimum atomic E-state index is -1.03. The average molecular weight is 506 g/mol. The molecule has 0 saturated carbocycles. The minimum absolute atomic E-state index is 0.238. The van der Waals surface area contributed by atoms with Crippen molar-refractivity contribution in [3.05, 3.63) is 84.2 Å².